The Balaban J connectivity index is 0.989. The molecule has 5 heterocycles. The van der Waals surface area contributed by atoms with Crippen molar-refractivity contribution >= 4 is 115 Å². The van der Waals surface area contributed by atoms with E-state index in [-0.39, 0.29) is 6.71 Å². The maximum absolute atomic E-state index is 2.73. The summed E-state index contributed by atoms with van der Waals surface area (Å²) in [6, 6.07) is 118. The van der Waals surface area contributed by atoms with Gasteiger partial charge in [0.25, 0.3) is 6.71 Å². The molecule has 2 aliphatic heterocycles. The molecule has 412 valence electrons. The smallest absolute Gasteiger partial charge is 0.253 e. The van der Waals surface area contributed by atoms with Crippen LogP contribution in [-0.4, -0.2) is 15.8 Å². The summed E-state index contributed by atoms with van der Waals surface area (Å²) in [7, 11) is 0. The van der Waals surface area contributed by atoms with Crippen molar-refractivity contribution in [3.8, 4) is 78.1 Å². The Morgan fingerprint density at radius 3 is 1.37 bits per heavy atom. The van der Waals surface area contributed by atoms with Crippen molar-refractivity contribution < 1.29 is 0 Å². The number of thiophene rings is 1. The zero-order valence-electron chi connectivity index (χ0n) is 48.3. The van der Waals surface area contributed by atoms with Gasteiger partial charge in [-0.25, -0.2) is 0 Å². The standard InChI is InChI=1S/C84H52BN3S/c1-5-20-53(21-6-1)56-36-40-59(41-37-56)64-31-19-32-65(60-42-38-57(39-43-60)54-22-7-2-8-23-54)81(64)88-75-49-45-62(86-73-33-16-13-28-66(73)67-29-14-17-34-74(67)86)51-72(75)85-79-63(58-26-11-4-12-27-58)47-48-70-68-46-44-61(55-24-9-3-10-25-55)50-76(68)87(82(70)79)77-52-71-69-30-15-18-35-78(69)89-84(71)83(88)80(77)85/h1-52H. The minimum absolute atomic E-state index is 0.205. The number of anilines is 3. The average molecular weight is 1150 g/mol. The fourth-order valence-electron chi connectivity index (χ4n) is 15.2. The number of hydrogen-bond donors (Lipinski definition) is 0. The zero-order chi connectivity index (χ0) is 58.3. The minimum Gasteiger partial charge on any atom is -0.310 e. The van der Waals surface area contributed by atoms with Gasteiger partial charge < -0.3 is 14.0 Å². The molecule has 17 aromatic rings. The molecule has 19 rings (SSSR count). The van der Waals surface area contributed by atoms with Crippen molar-refractivity contribution in [2.45, 2.75) is 0 Å². The van der Waals surface area contributed by atoms with Gasteiger partial charge >= 0.3 is 0 Å². The second kappa shape index (κ2) is 19.6. The molecule has 0 radical (unpaired) electrons. The predicted molar refractivity (Wildman–Crippen MR) is 380 cm³/mol. The molecular formula is C84H52BN3S. The van der Waals surface area contributed by atoms with E-state index < -0.39 is 0 Å². The highest BCUT2D eigenvalue weighted by Crippen LogP contribution is 2.54. The molecule has 0 spiro atoms. The first-order valence-corrected chi connectivity index (χ1v) is 31.6. The topological polar surface area (TPSA) is 13.1 Å². The third kappa shape index (κ3) is 7.53. The molecule has 0 aliphatic carbocycles. The molecule has 0 unspecified atom stereocenters. The number of aromatic nitrogens is 2. The van der Waals surface area contributed by atoms with Crippen LogP contribution >= 0.6 is 11.3 Å². The van der Waals surface area contributed by atoms with E-state index in [0.717, 1.165) is 39.3 Å². The van der Waals surface area contributed by atoms with Crippen molar-refractivity contribution in [2.24, 2.45) is 0 Å². The van der Waals surface area contributed by atoms with Crippen LogP contribution in [0.3, 0.4) is 0 Å². The lowest BCUT2D eigenvalue weighted by Gasteiger charge is -2.42. The minimum atomic E-state index is -0.205. The predicted octanol–water partition coefficient (Wildman–Crippen LogP) is 20.9. The van der Waals surface area contributed by atoms with E-state index in [1.165, 1.54) is 136 Å². The molecule has 0 bridgehead atoms. The lowest BCUT2D eigenvalue weighted by atomic mass is 9.33. The summed E-state index contributed by atoms with van der Waals surface area (Å²) >= 11 is 1.93. The molecule has 0 N–H and O–H groups in total. The van der Waals surface area contributed by atoms with Crippen LogP contribution in [0.1, 0.15) is 0 Å². The molecule has 89 heavy (non-hydrogen) atoms. The summed E-state index contributed by atoms with van der Waals surface area (Å²) in [5, 5.41) is 7.49. The number of para-hydroxylation sites is 3. The monoisotopic (exact) mass is 1150 g/mol. The van der Waals surface area contributed by atoms with E-state index in [1.54, 1.807) is 0 Å². The summed E-state index contributed by atoms with van der Waals surface area (Å²) in [4.78, 5) is 2.73. The Morgan fingerprint density at radius 1 is 0.270 bits per heavy atom. The molecule has 5 heteroatoms. The number of benzene rings is 14. The van der Waals surface area contributed by atoms with Crippen LogP contribution in [0.2, 0.25) is 0 Å². The van der Waals surface area contributed by atoms with Gasteiger partial charge in [-0.15, -0.1) is 11.3 Å². The zero-order valence-corrected chi connectivity index (χ0v) is 49.2. The maximum atomic E-state index is 2.73. The molecule has 14 aromatic carbocycles. The van der Waals surface area contributed by atoms with E-state index >= 15 is 0 Å². The van der Waals surface area contributed by atoms with Crippen LogP contribution in [0.25, 0.3) is 142 Å². The fraction of sp³-hybridized carbons (Fsp3) is 0. The van der Waals surface area contributed by atoms with Gasteiger partial charge in [-0.3, -0.25) is 0 Å². The quantitative estimate of drug-likeness (QED) is 0.138. The largest absolute Gasteiger partial charge is 0.310 e. The van der Waals surface area contributed by atoms with Crippen LogP contribution < -0.4 is 21.3 Å². The first kappa shape index (κ1) is 50.0. The fourth-order valence-corrected chi connectivity index (χ4v) is 16.4. The van der Waals surface area contributed by atoms with E-state index in [9.17, 15) is 0 Å². The summed E-state index contributed by atoms with van der Waals surface area (Å²) < 4.78 is 7.72. The number of rotatable bonds is 8. The summed E-state index contributed by atoms with van der Waals surface area (Å²) in [5.41, 5.74) is 28.7. The molecule has 3 nitrogen and oxygen atoms in total. The van der Waals surface area contributed by atoms with Crippen LogP contribution in [0, 0.1) is 0 Å². The Bertz CT molecular complexity index is 5550. The van der Waals surface area contributed by atoms with Crippen molar-refractivity contribution in [1.29, 1.82) is 0 Å². The summed E-state index contributed by atoms with van der Waals surface area (Å²) in [5.74, 6) is 0. The third-order valence-corrected chi connectivity index (χ3v) is 20.3. The number of fused-ring (bicyclic) bond motifs is 14. The van der Waals surface area contributed by atoms with Gasteiger partial charge in [0.1, 0.15) is 0 Å². The van der Waals surface area contributed by atoms with Crippen molar-refractivity contribution in [2.75, 3.05) is 4.90 Å². The van der Waals surface area contributed by atoms with Gasteiger partial charge in [-0.05, 0) is 121 Å². The Labute approximate surface area is 519 Å². The Hall–Kier alpha value is -11.2. The van der Waals surface area contributed by atoms with Gasteiger partial charge in [-0.1, -0.05) is 267 Å². The normalized spacial score (nSPS) is 12.4. The SMILES string of the molecule is c1ccc(-c2ccc(-c3cccc(-c4ccc(-c5ccccc5)cc4)c3N3c4ccc(-n5c6ccccc6c6ccccc65)cc4B4c5c(cc6c(sc7ccccc76)c53)-n3c5cc(-c6ccccc6)ccc5c5ccc(-c6ccccc6)c4c53)cc2)cc1. The van der Waals surface area contributed by atoms with E-state index in [4.69, 9.17) is 0 Å². The van der Waals surface area contributed by atoms with Crippen molar-refractivity contribution in [1.82, 2.24) is 9.13 Å². The highest BCUT2D eigenvalue weighted by Gasteiger charge is 2.46. The summed E-state index contributed by atoms with van der Waals surface area (Å²) in [6.45, 7) is -0.205. The first-order valence-electron chi connectivity index (χ1n) is 30.8. The van der Waals surface area contributed by atoms with Crippen LogP contribution in [-0.2, 0) is 0 Å². The molecule has 0 fully saturated rings. The molecule has 0 atom stereocenters. The lowest BCUT2D eigenvalue weighted by molar-refractivity contribution is 1.17. The molecule has 3 aromatic heterocycles. The molecule has 2 aliphatic rings. The van der Waals surface area contributed by atoms with Crippen LogP contribution in [0.5, 0.6) is 0 Å². The van der Waals surface area contributed by atoms with Crippen molar-refractivity contribution in [3.63, 3.8) is 0 Å². The average Bonchev–Trinajstić information content (AvgIpc) is 1.70. The maximum Gasteiger partial charge on any atom is 0.253 e. The molecule has 0 saturated carbocycles. The lowest BCUT2D eigenvalue weighted by Crippen LogP contribution is -2.61. The van der Waals surface area contributed by atoms with Gasteiger partial charge in [0.15, 0.2) is 0 Å². The van der Waals surface area contributed by atoms with Crippen LogP contribution in [0.4, 0.5) is 17.1 Å². The summed E-state index contributed by atoms with van der Waals surface area (Å²) in [6.07, 6.45) is 0. The van der Waals surface area contributed by atoms with Gasteiger partial charge in [0.2, 0.25) is 0 Å². The molecular weight excluding hydrogens is 1090 g/mol. The Morgan fingerprint density at radius 2 is 0.753 bits per heavy atom. The van der Waals surface area contributed by atoms with E-state index in [2.05, 4.69) is 329 Å². The Kier molecular flexibility index (Phi) is 11.0. The second-order valence-corrected chi connectivity index (χ2v) is 24.9. The van der Waals surface area contributed by atoms with Crippen molar-refractivity contribution in [3.05, 3.63) is 315 Å². The first-order chi connectivity index (χ1) is 44.2. The van der Waals surface area contributed by atoms with Gasteiger partial charge in [0.05, 0.1) is 32.6 Å². The van der Waals surface area contributed by atoms with Gasteiger partial charge in [-0.2, -0.15) is 0 Å². The molecule has 0 saturated heterocycles. The molecule has 0 amide bonds. The van der Waals surface area contributed by atoms with Crippen LogP contribution in [0.15, 0.2) is 315 Å². The van der Waals surface area contributed by atoms with Gasteiger partial charge in [0, 0.05) is 70.7 Å². The van der Waals surface area contributed by atoms with E-state index in [1.807, 2.05) is 11.3 Å². The number of nitrogens with zero attached hydrogens (tertiary/aromatic N) is 3. The third-order valence-electron chi connectivity index (χ3n) is 19.1. The second-order valence-electron chi connectivity index (χ2n) is 23.8. The number of hydrogen-bond acceptors (Lipinski definition) is 2. The highest BCUT2D eigenvalue weighted by molar-refractivity contribution is 7.26. The highest BCUT2D eigenvalue weighted by atomic mass is 32.1. The van der Waals surface area contributed by atoms with E-state index in [0.29, 0.717) is 0 Å².